The lowest BCUT2D eigenvalue weighted by Gasteiger charge is -2.30. The summed E-state index contributed by atoms with van der Waals surface area (Å²) in [5.74, 6) is 2.81. The van der Waals surface area contributed by atoms with E-state index in [1.807, 2.05) is 48.5 Å². The summed E-state index contributed by atoms with van der Waals surface area (Å²) < 4.78 is 16.1. The van der Waals surface area contributed by atoms with Crippen molar-refractivity contribution in [3.63, 3.8) is 0 Å². The van der Waals surface area contributed by atoms with Crippen LogP contribution in [-0.2, 0) is 17.9 Å². The highest BCUT2D eigenvalue weighted by Crippen LogP contribution is 2.32. The third kappa shape index (κ3) is 4.54. The minimum absolute atomic E-state index is 0.0211. The normalized spacial score (nSPS) is 16.4. The minimum atomic E-state index is 0.0211. The fourth-order valence-electron chi connectivity index (χ4n) is 3.95. The van der Waals surface area contributed by atoms with Crippen LogP contribution >= 0.6 is 0 Å². The number of fused-ring (bicyclic) bond motifs is 1. The molecular formula is C23H24N4O4. The van der Waals surface area contributed by atoms with Crippen LogP contribution in [0, 0.1) is 5.92 Å². The Morgan fingerprint density at radius 2 is 1.87 bits per heavy atom. The maximum atomic E-state index is 12.6. The third-order valence-corrected chi connectivity index (χ3v) is 5.72. The second kappa shape index (κ2) is 8.77. The van der Waals surface area contributed by atoms with Crippen LogP contribution in [-0.4, -0.2) is 40.8 Å². The van der Waals surface area contributed by atoms with E-state index in [9.17, 15) is 4.79 Å². The molecule has 0 radical (unpaired) electrons. The number of likely N-dealkylation sites (tertiary alicyclic amines) is 1. The van der Waals surface area contributed by atoms with Gasteiger partial charge in [-0.05, 0) is 43.6 Å². The molecule has 8 heteroatoms. The van der Waals surface area contributed by atoms with Gasteiger partial charge in [0.25, 0.3) is 0 Å². The van der Waals surface area contributed by atoms with Gasteiger partial charge in [-0.2, -0.15) is 4.98 Å². The van der Waals surface area contributed by atoms with Crippen LogP contribution in [0.3, 0.4) is 0 Å². The molecule has 0 spiro atoms. The number of piperidine rings is 1. The molecule has 3 aromatic rings. The molecule has 1 fully saturated rings. The first-order valence-corrected chi connectivity index (χ1v) is 10.5. The van der Waals surface area contributed by atoms with E-state index in [-0.39, 0.29) is 18.6 Å². The van der Waals surface area contributed by atoms with Crippen molar-refractivity contribution in [2.75, 3.05) is 19.9 Å². The minimum Gasteiger partial charge on any atom is -0.454 e. The van der Waals surface area contributed by atoms with Crippen molar-refractivity contribution in [1.82, 2.24) is 20.4 Å². The molecule has 160 valence electrons. The van der Waals surface area contributed by atoms with Crippen molar-refractivity contribution >= 4 is 5.91 Å². The van der Waals surface area contributed by atoms with Gasteiger partial charge < -0.3 is 19.3 Å². The van der Waals surface area contributed by atoms with Crippen molar-refractivity contribution < 1.29 is 18.8 Å². The van der Waals surface area contributed by atoms with E-state index in [1.54, 1.807) is 0 Å². The van der Waals surface area contributed by atoms with Crippen molar-refractivity contribution in [3.05, 3.63) is 60.0 Å². The standard InChI is InChI=1S/C23H24N4O4/c28-23(24-13-16-6-7-19-20(12-16)30-15-29-19)18-8-10-27(11-9-18)14-21-25-22(26-31-21)17-4-2-1-3-5-17/h1-7,12,18H,8-11,13-15H2,(H,24,28). The second-order valence-electron chi connectivity index (χ2n) is 7.83. The van der Waals surface area contributed by atoms with E-state index in [2.05, 4.69) is 20.4 Å². The number of ether oxygens (including phenoxy) is 2. The van der Waals surface area contributed by atoms with Gasteiger partial charge in [0.05, 0.1) is 6.54 Å². The molecule has 31 heavy (non-hydrogen) atoms. The lowest BCUT2D eigenvalue weighted by Crippen LogP contribution is -2.40. The summed E-state index contributed by atoms with van der Waals surface area (Å²) in [5.41, 5.74) is 1.94. The molecule has 0 aliphatic carbocycles. The summed E-state index contributed by atoms with van der Waals surface area (Å²) >= 11 is 0. The Morgan fingerprint density at radius 3 is 2.71 bits per heavy atom. The molecule has 8 nitrogen and oxygen atoms in total. The van der Waals surface area contributed by atoms with Gasteiger partial charge in [0.15, 0.2) is 11.5 Å². The number of amides is 1. The quantitative estimate of drug-likeness (QED) is 0.656. The first-order valence-electron chi connectivity index (χ1n) is 10.5. The fourth-order valence-corrected chi connectivity index (χ4v) is 3.95. The molecule has 2 aliphatic rings. The third-order valence-electron chi connectivity index (χ3n) is 5.72. The number of hydrogen-bond acceptors (Lipinski definition) is 7. The molecule has 0 bridgehead atoms. The van der Waals surface area contributed by atoms with Crippen LogP contribution in [0.15, 0.2) is 53.1 Å². The average Bonchev–Trinajstić information content (AvgIpc) is 3.48. The van der Waals surface area contributed by atoms with Crippen LogP contribution < -0.4 is 14.8 Å². The van der Waals surface area contributed by atoms with E-state index < -0.39 is 0 Å². The fraction of sp³-hybridized carbons (Fsp3) is 0.348. The smallest absolute Gasteiger partial charge is 0.241 e. The zero-order valence-electron chi connectivity index (χ0n) is 17.1. The van der Waals surface area contributed by atoms with Crippen molar-refractivity contribution in [3.8, 4) is 22.9 Å². The van der Waals surface area contributed by atoms with Gasteiger partial charge in [-0.25, -0.2) is 0 Å². The Hall–Kier alpha value is -3.39. The lowest BCUT2D eigenvalue weighted by molar-refractivity contribution is -0.126. The first kappa shape index (κ1) is 19.6. The van der Waals surface area contributed by atoms with E-state index in [1.165, 1.54) is 0 Å². The summed E-state index contributed by atoms with van der Waals surface area (Å²) in [5, 5.41) is 7.13. The average molecular weight is 420 g/mol. The highest BCUT2D eigenvalue weighted by atomic mass is 16.7. The van der Waals surface area contributed by atoms with Gasteiger partial charge in [-0.15, -0.1) is 0 Å². The maximum Gasteiger partial charge on any atom is 0.241 e. The van der Waals surface area contributed by atoms with E-state index >= 15 is 0 Å². The van der Waals surface area contributed by atoms with E-state index in [0.717, 1.165) is 48.6 Å². The number of rotatable bonds is 6. The molecule has 5 rings (SSSR count). The monoisotopic (exact) mass is 420 g/mol. The SMILES string of the molecule is O=C(NCc1ccc2c(c1)OCO2)C1CCN(Cc2nc(-c3ccccc3)no2)CC1. The molecule has 0 unspecified atom stereocenters. The molecule has 1 aromatic heterocycles. The summed E-state index contributed by atoms with van der Waals surface area (Å²) in [4.78, 5) is 19.4. The van der Waals surface area contributed by atoms with Crippen LogP contribution in [0.5, 0.6) is 11.5 Å². The predicted molar refractivity (Wildman–Crippen MR) is 112 cm³/mol. The molecule has 2 aromatic carbocycles. The molecule has 1 N–H and O–H groups in total. The molecule has 2 aliphatic heterocycles. The Morgan fingerprint density at radius 1 is 1.06 bits per heavy atom. The molecule has 0 atom stereocenters. The molecule has 0 saturated carbocycles. The summed E-state index contributed by atoms with van der Waals surface area (Å²) in [6.07, 6.45) is 1.62. The number of nitrogens with one attached hydrogen (secondary N) is 1. The highest BCUT2D eigenvalue weighted by Gasteiger charge is 2.26. The van der Waals surface area contributed by atoms with Gasteiger partial charge in [-0.1, -0.05) is 41.6 Å². The zero-order chi connectivity index (χ0) is 21.0. The van der Waals surface area contributed by atoms with E-state index in [0.29, 0.717) is 24.8 Å². The van der Waals surface area contributed by atoms with Crippen LogP contribution in [0.25, 0.3) is 11.4 Å². The van der Waals surface area contributed by atoms with Gasteiger partial charge in [0.2, 0.25) is 24.4 Å². The van der Waals surface area contributed by atoms with Crippen molar-refractivity contribution in [2.45, 2.75) is 25.9 Å². The zero-order valence-corrected chi connectivity index (χ0v) is 17.1. The van der Waals surface area contributed by atoms with Gasteiger partial charge in [0, 0.05) is 18.0 Å². The van der Waals surface area contributed by atoms with Gasteiger partial charge >= 0.3 is 0 Å². The number of carbonyl (C=O) groups excluding carboxylic acids is 1. The van der Waals surface area contributed by atoms with Gasteiger partial charge in [-0.3, -0.25) is 9.69 Å². The Kier molecular flexibility index (Phi) is 5.54. The number of carbonyl (C=O) groups is 1. The number of nitrogens with zero attached hydrogens (tertiary/aromatic N) is 3. The van der Waals surface area contributed by atoms with Gasteiger partial charge in [0.1, 0.15) is 0 Å². The van der Waals surface area contributed by atoms with Crippen LogP contribution in [0.2, 0.25) is 0 Å². The largest absolute Gasteiger partial charge is 0.454 e. The van der Waals surface area contributed by atoms with Crippen LogP contribution in [0.4, 0.5) is 0 Å². The predicted octanol–water partition coefficient (Wildman–Crippen LogP) is 2.99. The van der Waals surface area contributed by atoms with Crippen molar-refractivity contribution in [2.24, 2.45) is 5.92 Å². The highest BCUT2D eigenvalue weighted by molar-refractivity contribution is 5.78. The Bertz CT molecular complexity index is 1040. The summed E-state index contributed by atoms with van der Waals surface area (Å²) in [6.45, 7) is 2.99. The topological polar surface area (TPSA) is 89.7 Å². The molecule has 3 heterocycles. The Balaban J connectivity index is 1.09. The van der Waals surface area contributed by atoms with E-state index in [4.69, 9.17) is 14.0 Å². The molecule has 1 amide bonds. The Labute approximate surface area is 180 Å². The second-order valence-corrected chi connectivity index (χ2v) is 7.83. The maximum absolute atomic E-state index is 12.6. The number of benzene rings is 2. The van der Waals surface area contributed by atoms with Crippen molar-refractivity contribution in [1.29, 1.82) is 0 Å². The molecule has 1 saturated heterocycles. The summed E-state index contributed by atoms with van der Waals surface area (Å²) in [6, 6.07) is 15.5. The number of aromatic nitrogens is 2. The summed E-state index contributed by atoms with van der Waals surface area (Å²) in [7, 11) is 0. The molecular weight excluding hydrogens is 396 g/mol. The van der Waals surface area contributed by atoms with Crippen LogP contribution in [0.1, 0.15) is 24.3 Å². The lowest BCUT2D eigenvalue weighted by atomic mass is 9.96. The first-order chi connectivity index (χ1) is 15.2. The number of hydrogen-bond donors (Lipinski definition) is 1.